The molecule has 2 N–H and O–H groups in total. The van der Waals surface area contributed by atoms with E-state index in [4.69, 9.17) is 11.6 Å². The Kier molecular flexibility index (Phi) is 3.04. The molecule has 0 saturated heterocycles. The highest BCUT2D eigenvalue weighted by atomic mass is 35.5. The highest BCUT2D eigenvalue weighted by Crippen LogP contribution is 2.31. The van der Waals surface area contributed by atoms with E-state index in [0.29, 0.717) is 5.56 Å². The summed E-state index contributed by atoms with van der Waals surface area (Å²) in [6.07, 6.45) is 5.06. The van der Waals surface area contributed by atoms with Crippen molar-refractivity contribution in [2.75, 3.05) is 5.32 Å². The van der Waals surface area contributed by atoms with Crippen LogP contribution < -0.4 is 5.32 Å². The fourth-order valence-electron chi connectivity index (χ4n) is 1.87. The van der Waals surface area contributed by atoms with Crippen LogP contribution in [-0.2, 0) is 0 Å². The van der Waals surface area contributed by atoms with Gasteiger partial charge in [-0.1, -0.05) is 17.7 Å². The van der Waals surface area contributed by atoms with Crippen LogP contribution in [-0.4, -0.2) is 20.4 Å². The number of rotatable bonds is 2. The summed E-state index contributed by atoms with van der Waals surface area (Å²) in [6, 6.07) is 8.16. The van der Waals surface area contributed by atoms with Crippen LogP contribution in [0.1, 0.15) is 10.4 Å². The van der Waals surface area contributed by atoms with E-state index in [-0.39, 0.29) is 22.4 Å². The summed E-state index contributed by atoms with van der Waals surface area (Å²) in [4.78, 5) is 16.1. The van der Waals surface area contributed by atoms with E-state index in [2.05, 4.69) is 10.3 Å². The first kappa shape index (κ1) is 12.5. The molecule has 1 aromatic carbocycles. The van der Waals surface area contributed by atoms with Crippen LogP contribution in [0.4, 0.5) is 5.69 Å². The minimum absolute atomic E-state index is 0.145. The zero-order valence-electron chi connectivity index (χ0n) is 10.2. The summed E-state index contributed by atoms with van der Waals surface area (Å²) in [6.45, 7) is 0. The van der Waals surface area contributed by atoms with E-state index in [1.165, 1.54) is 0 Å². The molecule has 0 aliphatic carbocycles. The van der Waals surface area contributed by atoms with Crippen LogP contribution in [0.5, 0.6) is 5.75 Å². The number of carbonyl (C=O) groups excluding carboxylic acids is 1. The third kappa shape index (κ3) is 2.19. The molecule has 0 fully saturated rings. The Morgan fingerprint density at radius 1 is 1.35 bits per heavy atom. The van der Waals surface area contributed by atoms with E-state index >= 15 is 0 Å². The van der Waals surface area contributed by atoms with Gasteiger partial charge in [0, 0.05) is 11.8 Å². The van der Waals surface area contributed by atoms with Crippen LogP contribution in [0.2, 0.25) is 5.02 Å². The van der Waals surface area contributed by atoms with Gasteiger partial charge in [-0.2, -0.15) is 0 Å². The molecule has 0 spiro atoms. The van der Waals surface area contributed by atoms with E-state index in [1.54, 1.807) is 53.5 Å². The van der Waals surface area contributed by atoms with Crippen LogP contribution in [0, 0.1) is 0 Å². The number of imidazole rings is 1. The number of carbonyl (C=O) groups is 1. The predicted molar refractivity (Wildman–Crippen MR) is 76.3 cm³/mol. The van der Waals surface area contributed by atoms with Crippen LogP contribution in [0.3, 0.4) is 0 Å². The van der Waals surface area contributed by atoms with Crippen LogP contribution in [0.15, 0.2) is 49.1 Å². The number of fused-ring (bicyclic) bond motifs is 1. The normalized spacial score (nSPS) is 10.7. The number of para-hydroxylation sites is 1. The van der Waals surface area contributed by atoms with Gasteiger partial charge >= 0.3 is 0 Å². The smallest absolute Gasteiger partial charge is 0.255 e. The molecule has 1 amide bonds. The Labute approximate surface area is 119 Å². The number of nitrogens with one attached hydrogen (secondary N) is 1. The summed E-state index contributed by atoms with van der Waals surface area (Å²) < 4.78 is 1.80. The van der Waals surface area contributed by atoms with Gasteiger partial charge in [0.15, 0.2) is 5.75 Å². The minimum atomic E-state index is -0.328. The molecule has 0 atom stereocenters. The number of anilines is 1. The maximum absolute atomic E-state index is 12.1. The van der Waals surface area contributed by atoms with Gasteiger partial charge in [-0.25, -0.2) is 4.98 Å². The largest absolute Gasteiger partial charge is 0.504 e. The SMILES string of the molecule is O=C(Nc1cccc(Cl)c1O)c1ccn2cncc2c1. The molecule has 0 saturated carbocycles. The number of phenolic OH excluding ortho intramolecular Hbond substituents is 1. The highest BCUT2D eigenvalue weighted by molar-refractivity contribution is 6.32. The number of hydrogen-bond donors (Lipinski definition) is 2. The average Bonchev–Trinajstić information content (AvgIpc) is 2.91. The van der Waals surface area contributed by atoms with Crippen molar-refractivity contribution in [3.05, 3.63) is 59.6 Å². The lowest BCUT2D eigenvalue weighted by atomic mass is 10.2. The molecule has 6 heteroatoms. The van der Waals surface area contributed by atoms with Crippen LogP contribution in [0.25, 0.3) is 5.52 Å². The molecule has 100 valence electrons. The van der Waals surface area contributed by atoms with E-state index < -0.39 is 0 Å². The molecule has 0 unspecified atom stereocenters. The standard InChI is InChI=1S/C14H10ClN3O2/c15-11-2-1-3-12(13(11)19)17-14(20)9-4-5-18-8-16-7-10(18)6-9/h1-8,19H,(H,17,20). The number of hydrogen-bond acceptors (Lipinski definition) is 3. The molecule has 0 aliphatic heterocycles. The first-order valence-electron chi connectivity index (χ1n) is 5.86. The average molecular weight is 288 g/mol. The monoisotopic (exact) mass is 287 g/mol. The van der Waals surface area contributed by atoms with Crippen molar-refractivity contribution >= 4 is 28.7 Å². The fraction of sp³-hybridized carbons (Fsp3) is 0. The van der Waals surface area contributed by atoms with Crippen molar-refractivity contribution in [3.63, 3.8) is 0 Å². The number of phenols is 1. The second kappa shape index (κ2) is 4.86. The first-order valence-corrected chi connectivity index (χ1v) is 6.23. The summed E-state index contributed by atoms with van der Waals surface area (Å²) in [5, 5.41) is 12.6. The first-order chi connectivity index (χ1) is 9.65. The lowest BCUT2D eigenvalue weighted by molar-refractivity contribution is 0.102. The molecule has 2 aromatic heterocycles. The van der Waals surface area contributed by atoms with Gasteiger partial charge in [0.25, 0.3) is 5.91 Å². The molecule has 3 aromatic rings. The predicted octanol–water partition coefficient (Wildman–Crippen LogP) is 2.95. The number of aromatic hydroxyl groups is 1. The Morgan fingerprint density at radius 2 is 2.20 bits per heavy atom. The van der Waals surface area contributed by atoms with Gasteiger partial charge in [-0.05, 0) is 24.3 Å². The van der Waals surface area contributed by atoms with Gasteiger partial charge in [-0.15, -0.1) is 0 Å². The number of benzene rings is 1. The molecule has 0 bridgehead atoms. The molecule has 5 nitrogen and oxygen atoms in total. The lowest BCUT2D eigenvalue weighted by Gasteiger charge is -2.08. The third-order valence-corrected chi connectivity index (χ3v) is 3.22. The van der Waals surface area contributed by atoms with Crippen molar-refractivity contribution in [3.8, 4) is 5.75 Å². The van der Waals surface area contributed by atoms with Gasteiger partial charge in [0.1, 0.15) is 0 Å². The Morgan fingerprint density at radius 3 is 3.05 bits per heavy atom. The maximum Gasteiger partial charge on any atom is 0.255 e. The number of aromatic nitrogens is 2. The Bertz CT molecular complexity index is 798. The minimum Gasteiger partial charge on any atom is -0.504 e. The zero-order chi connectivity index (χ0) is 14.1. The topological polar surface area (TPSA) is 66.6 Å². The number of amides is 1. The molecule has 0 aliphatic rings. The quantitative estimate of drug-likeness (QED) is 0.712. The van der Waals surface area contributed by atoms with E-state index in [1.807, 2.05) is 0 Å². The maximum atomic E-state index is 12.1. The summed E-state index contributed by atoms with van der Waals surface area (Å²) in [5.74, 6) is -0.473. The van der Waals surface area contributed by atoms with E-state index in [9.17, 15) is 9.90 Å². The van der Waals surface area contributed by atoms with Gasteiger partial charge in [-0.3, -0.25) is 4.79 Å². The van der Waals surface area contributed by atoms with Crippen molar-refractivity contribution < 1.29 is 9.90 Å². The molecule has 20 heavy (non-hydrogen) atoms. The van der Waals surface area contributed by atoms with Crippen LogP contribution >= 0.6 is 11.6 Å². The molecule has 0 radical (unpaired) electrons. The Balaban J connectivity index is 1.90. The Hall–Kier alpha value is -2.53. The molecule has 3 rings (SSSR count). The molecular weight excluding hydrogens is 278 g/mol. The summed E-state index contributed by atoms with van der Waals surface area (Å²) in [7, 11) is 0. The summed E-state index contributed by atoms with van der Waals surface area (Å²) in [5.41, 5.74) is 1.56. The van der Waals surface area contributed by atoms with E-state index in [0.717, 1.165) is 5.52 Å². The van der Waals surface area contributed by atoms with Crippen molar-refractivity contribution in [2.24, 2.45) is 0 Å². The van der Waals surface area contributed by atoms with Crippen molar-refractivity contribution in [1.82, 2.24) is 9.38 Å². The second-order valence-corrected chi connectivity index (χ2v) is 4.64. The van der Waals surface area contributed by atoms with Gasteiger partial charge < -0.3 is 14.8 Å². The van der Waals surface area contributed by atoms with Gasteiger partial charge in [0.2, 0.25) is 0 Å². The zero-order valence-corrected chi connectivity index (χ0v) is 11.0. The van der Waals surface area contributed by atoms with Gasteiger partial charge in [0.05, 0.1) is 28.8 Å². The molecule has 2 heterocycles. The van der Waals surface area contributed by atoms with Crippen molar-refractivity contribution in [1.29, 1.82) is 0 Å². The van der Waals surface area contributed by atoms with Crippen molar-refractivity contribution in [2.45, 2.75) is 0 Å². The fourth-order valence-corrected chi connectivity index (χ4v) is 2.05. The number of nitrogens with zero attached hydrogens (tertiary/aromatic N) is 2. The molecular formula is C14H10ClN3O2. The highest BCUT2D eigenvalue weighted by Gasteiger charge is 2.11. The number of halogens is 1. The second-order valence-electron chi connectivity index (χ2n) is 4.23. The number of pyridine rings is 1. The third-order valence-electron chi connectivity index (χ3n) is 2.91. The lowest BCUT2D eigenvalue weighted by Crippen LogP contribution is -2.12. The summed E-state index contributed by atoms with van der Waals surface area (Å²) >= 11 is 5.79.